The minimum absolute atomic E-state index is 0.00322. The van der Waals surface area contributed by atoms with Gasteiger partial charge in [0.15, 0.2) is 0 Å². The Morgan fingerprint density at radius 1 is 1.23 bits per heavy atom. The minimum atomic E-state index is -0.360. The number of hydrogen-bond acceptors (Lipinski definition) is 6. The van der Waals surface area contributed by atoms with E-state index in [0.29, 0.717) is 13.1 Å². The quantitative estimate of drug-likeness (QED) is 0.633. The number of carbonyl (C=O) groups is 1. The van der Waals surface area contributed by atoms with Crippen molar-refractivity contribution in [1.82, 2.24) is 19.7 Å². The summed E-state index contributed by atoms with van der Waals surface area (Å²) in [4.78, 5) is 23.0. The van der Waals surface area contributed by atoms with Gasteiger partial charge < -0.3 is 15.5 Å². The van der Waals surface area contributed by atoms with Crippen LogP contribution in [0.25, 0.3) is 0 Å². The molecule has 9 heteroatoms. The van der Waals surface area contributed by atoms with E-state index < -0.39 is 0 Å². The van der Waals surface area contributed by atoms with Gasteiger partial charge >= 0.3 is 0 Å². The van der Waals surface area contributed by atoms with E-state index in [4.69, 9.17) is 0 Å². The molecule has 1 aliphatic heterocycles. The number of amides is 1. The maximum atomic E-state index is 13.3. The van der Waals surface area contributed by atoms with Gasteiger partial charge in [-0.15, -0.1) is 0 Å². The van der Waals surface area contributed by atoms with E-state index in [1.807, 2.05) is 45.0 Å². The van der Waals surface area contributed by atoms with Gasteiger partial charge in [-0.05, 0) is 24.5 Å². The van der Waals surface area contributed by atoms with Crippen molar-refractivity contribution in [3.05, 3.63) is 59.6 Å². The summed E-state index contributed by atoms with van der Waals surface area (Å²) in [5, 5.41) is 10.7. The largest absolute Gasteiger partial charge is 0.366 e. The first-order valence-electron chi connectivity index (χ1n) is 10.2. The Kier molecular flexibility index (Phi) is 5.58. The molecule has 0 fully saturated rings. The Bertz CT molecular complexity index is 1110. The van der Waals surface area contributed by atoms with E-state index in [-0.39, 0.29) is 23.7 Å². The summed E-state index contributed by atoms with van der Waals surface area (Å²) in [7, 11) is 1.94. The van der Waals surface area contributed by atoms with Gasteiger partial charge in [0.2, 0.25) is 5.91 Å². The van der Waals surface area contributed by atoms with Crippen molar-refractivity contribution in [3.63, 3.8) is 0 Å². The Morgan fingerprint density at radius 3 is 2.77 bits per heavy atom. The summed E-state index contributed by atoms with van der Waals surface area (Å²) in [5.41, 5.74) is 4.19. The molecule has 0 bridgehead atoms. The third-order valence-electron chi connectivity index (χ3n) is 5.39. The van der Waals surface area contributed by atoms with Crippen LogP contribution < -0.4 is 15.5 Å². The molecule has 1 unspecified atom stereocenters. The number of halogens is 1. The molecule has 0 saturated carbocycles. The number of carbonyl (C=O) groups excluding carboxylic acids is 1. The lowest BCUT2D eigenvalue weighted by Crippen LogP contribution is -2.49. The number of fused-ring (bicyclic) bond motifs is 1. The van der Waals surface area contributed by atoms with Gasteiger partial charge in [0.25, 0.3) is 0 Å². The number of hydrogen-bond donors (Lipinski definition) is 2. The van der Waals surface area contributed by atoms with Crippen LogP contribution >= 0.6 is 0 Å². The predicted octanol–water partition coefficient (Wildman–Crippen LogP) is 3.19. The molecule has 3 aromatic rings. The highest BCUT2D eigenvalue weighted by Gasteiger charge is 2.34. The topological polar surface area (TPSA) is 88.0 Å². The minimum Gasteiger partial charge on any atom is -0.366 e. The zero-order valence-electron chi connectivity index (χ0n) is 18.1. The summed E-state index contributed by atoms with van der Waals surface area (Å²) in [6, 6.07) is 3.18. The van der Waals surface area contributed by atoms with Crippen LogP contribution in [0, 0.1) is 18.7 Å². The molecule has 2 N–H and O–H groups in total. The monoisotopic (exact) mass is 423 g/mol. The van der Waals surface area contributed by atoms with Crippen molar-refractivity contribution in [2.75, 3.05) is 22.6 Å². The molecule has 8 nitrogen and oxygen atoms in total. The van der Waals surface area contributed by atoms with Gasteiger partial charge in [0.1, 0.15) is 17.7 Å². The average Bonchev–Trinajstić information content (AvgIpc) is 3.14. The van der Waals surface area contributed by atoms with Crippen LogP contribution in [0.5, 0.6) is 0 Å². The van der Waals surface area contributed by atoms with Crippen LogP contribution in [0.4, 0.5) is 21.6 Å². The standard InChI is InChI=1S/C22H26FN7O/c1-13(2)21-22(31)28-20-14(3)27-19(6-18(20)29(21)4)25-8-16-9-26-30(12-16)11-15-5-17(23)10-24-7-15/h5-7,9-10,12-13,21H,8,11H2,1-4H3,(H,25,27)(H,28,31). The lowest BCUT2D eigenvalue weighted by Gasteiger charge is -2.38. The number of aromatic nitrogens is 4. The molecule has 3 aromatic heterocycles. The zero-order valence-corrected chi connectivity index (χ0v) is 18.1. The van der Waals surface area contributed by atoms with Crippen molar-refractivity contribution in [3.8, 4) is 0 Å². The molecule has 31 heavy (non-hydrogen) atoms. The van der Waals surface area contributed by atoms with Crippen molar-refractivity contribution in [2.24, 2.45) is 5.92 Å². The number of likely N-dealkylation sites (N-methyl/N-ethyl adjacent to an activating group) is 1. The van der Waals surface area contributed by atoms with Crippen LogP contribution in [-0.4, -0.2) is 38.7 Å². The van der Waals surface area contributed by atoms with Crippen LogP contribution in [0.3, 0.4) is 0 Å². The summed E-state index contributed by atoms with van der Waals surface area (Å²) in [6.45, 7) is 6.95. The van der Waals surface area contributed by atoms with Crippen LogP contribution in [0.2, 0.25) is 0 Å². The molecular weight excluding hydrogens is 397 g/mol. The Labute approximate surface area is 180 Å². The van der Waals surface area contributed by atoms with Gasteiger partial charge in [0.05, 0.1) is 36.0 Å². The normalized spacial score (nSPS) is 15.7. The fraction of sp³-hybridized carbons (Fsp3) is 0.364. The Hall–Kier alpha value is -3.49. The SMILES string of the molecule is Cc1nc(NCc2cnn(Cc3cncc(F)c3)c2)cc2c1NC(=O)C(C(C)C)N2C. The Morgan fingerprint density at radius 2 is 2.03 bits per heavy atom. The molecule has 1 atom stereocenters. The second-order valence-electron chi connectivity index (χ2n) is 8.19. The number of nitrogens with zero attached hydrogens (tertiary/aromatic N) is 5. The molecule has 0 saturated heterocycles. The van der Waals surface area contributed by atoms with Crippen molar-refractivity contribution in [2.45, 2.75) is 39.9 Å². The predicted molar refractivity (Wildman–Crippen MR) is 117 cm³/mol. The second-order valence-corrected chi connectivity index (χ2v) is 8.19. The number of rotatable bonds is 6. The first-order valence-corrected chi connectivity index (χ1v) is 10.2. The van der Waals surface area contributed by atoms with Crippen LogP contribution in [-0.2, 0) is 17.9 Å². The second kappa shape index (κ2) is 8.33. The first-order chi connectivity index (χ1) is 14.8. The Balaban J connectivity index is 1.47. The molecule has 1 amide bonds. The summed E-state index contributed by atoms with van der Waals surface area (Å²) in [6.07, 6.45) is 6.49. The molecule has 0 radical (unpaired) electrons. The zero-order chi connectivity index (χ0) is 22.1. The lowest BCUT2D eigenvalue weighted by atomic mass is 9.98. The van der Waals surface area contributed by atoms with E-state index in [2.05, 4.69) is 25.7 Å². The highest BCUT2D eigenvalue weighted by Crippen LogP contribution is 2.36. The van der Waals surface area contributed by atoms with Crippen molar-refractivity contribution < 1.29 is 9.18 Å². The third-order valence-corrected chi connectivity index (χ3v) is 5.39. The van der Waals surface area contributed by atoms with Crippen LogP contribution in [0.15, 0.2) is 36.9 Å². The third kappa shape index (κ3) is 4.35. The van der Waals surface area contributed by atoms with E-state index in [1.165, 1.54) is 12.3 Å². The van der Waals surface area contributed by atoms with Gasteiger partial charge in [0, 0.05) is 37.6 Å². The highest BCUT2D eigenvalue weighted by atomic mass is 19.1. The van der Waals surface area contributed by atoms with Crippen molar-refractivity contribution >= 4 is 23.1 Å². The van der Waals surface area contributed by atoms with E-state index in [1.54, 1.807) is 17.1 Å². The van der Waals surface area contributed by atoms with E-state index in [0.717, 1.165) is 34.0 Å². The first kappa shape index (κ1) is 20.8. The van der Waals surface area contributed by atoms with E-state index >= 15 is 0 Å². The number of aryl methyl sites for hydroxylation is 1. The lowest BCUT2D eigenvalue weighted by molar-refractivity contribution is -0.118. The van der Waals surface area contributed by atoms with Gasteiger partial charge in [-0.2, -0.15) is 5.10 Å². The molecule has 1 aliphatic rings. The molecular formula is C22H26FN7O. The molecule has 4 heterocycles. The fourth-order valence-corrected chi connectivity index (χ4v) is 3.96. The van der Waals surface area contributed by atoms with Gasteiger partial charge in [-0.3, -0.25) is 14.5 Å². The molecule has 0 aliphatic carbocycles. The highest BCUT2D eigenvalue weighted by molar-refractivity contribution is 6.04. The molecule has 0 spiro atoms. The van der Waals surface area contributed by atoms with Gasteiger partial charge in [-0.1, -0.05) is 13.8 Å². The fourth-order valence-electron chi connectivity index (χ4n) is 3.96. The number of nitrogens with one attached hydrogen (secondary N) is 2. The van der Waals surface area contributed by atoms with Crippen molar-refractivity contribution in [1.29, 1.82) is 0 Å². The maximum absolute atomic E-state index is 13.3. The maximum Gasteiger partial charge on any atom is 0.247 e. The average molecular weight is 423 g/mol. The number of pyridine rings is 2. The van der Waals surface area contributed by atoms with Crippen LogP contribution in [0.1, 0.15) is 30.7 Å². The van der Waals surface area contributed by atoms with Gasteiger partial charge in [-0.25, -0.2) is 9.37 Å². The molecule has 0 aromatic carbocycles. The summed E-state index contributed by atoms with van der Waals surface area (Å²) < 4.78 is 15.1. The summed E-state index contributed by atoms with van der Waals surface area (Å²) in [5.74, 6) is 0.545. The smallest absolute Gasteiger partial charge is 0.247 e. The van der Waals surface area contributed by atoms with E-state index in [9.17, 15) is 9.18 Å². The molecule has 162 valence electrons. The number of anilines is 3. The summed E-state index contributed by atoms with van der Waals surface area (Å²) >= 11 is 0. The molecule has 4 rings (SSSR count).